The van der Waals surface area contributed by atoms with E-state index < -0.39 is 0 Å². The zero-order valence-corrected chi connectivity index (χ0v) is 15.5. The second kappa shape index (κ2) is 9.39. The van der Waals surface area contributed by atoms with Crippen LogP contribution >= 0.6 is 0 Å². The topological polar surface area (TPSA) is 41.6 Å². The van der Waals surface area contributed by atoms with Crippen LogP contribution in [0, 0.1) is 0 Å². The number of aryl methyl sites for hydroxylation is 1. The fourth-order valence-corrected chi connectivity index (χ4v) is 3.26. The van der Waals surface area contributed by atoms with E-state index in [0.717, 1.165) is 24.3 Å². The van der Waals surface area contributed by atoms with E-state index in [4.69, 9.17) is 4.74 Å². The fraction of sp³-hybridized carbons (Fsp3) is 0.409. The molecule has 2 aromatic rings. The number of ether oxygens (including phenoxy) is 1. The Labute approximate surface area is 156 Å². The molecule has 0 saturated carbocycles. The third-order valence-electron chi connectivity index (χ3n) is 4.79. The smallest absolute Gasteiger partial charge is 0.258 e. The van der Waals surface area contributed by atoms with E-state index in [0.29, 0.717) is 6.54 Å². The highest BCUT2D eigenvalue weighted by atomic mass is 16.5. The molecule has 138 valence electrons. The largest absolute Gasteiger partial charge is 0.484 e. The number of likely N-dealkylation sites (tertiary alicyclic amines) is 1. The van der Waals surface area contributed by atoms with E-state index in [2.05, 4.69) is 41.4 Å². The van der Waals surface area contributed by atoms with Crippen LogP contribution in [0.25, 0.3) is 0 Å². The van der Waals surface area contributed by atoms with Crippen LogP contribution in [-0.2, 0) is 24.3 Å². The van der Waals surface area contributed by atoms with Crippen molar-refractivity contribution >= 4 is 5.91 Å². The molecule has 0 aliphatic carbocycles. The quantitative estimate of drug-likeness (QED) is 0.790. The summed E-state index contributed by atoms with van der Waals surface area (Å²) in [5.74, 6) is 0.625. The molecule has 1 aliphatic rings. The summed E-state index contributed by atoms with van der Waals surface area (Å²) in [6.45, 7) is 6.07. The molecule has 0 spiro atoms. The molecule has 0 atom stereocenters. The molecule has 4 heteroatoms. The average molecular weight is 352 g/mol. The first-order valence-corrected chi connectivity index (χ1v) is 9.51. The number of carbonyl (C=O) groups excluding carboxylic acids is 1. The first-order chi connectivity index (χ1) is 12.7. The third kappa shape index (κ3) is 5.60. The summed E-state index contributed by atoms with van der Waals surface area (Å²) < 4.78 is 5.55. The second-order valence-corrected chi connectivity index (χ2v) is 6.87. The van der Waals surface area contributed by atoms with Crippen molar-refractivity contribution in [3.63, 3.8) is 0 Å². The van der Waals surface area contributed by atoms with Crippen LogP contribution in [0.4, 0.5) is 0 Å². The number of hydrogen-bond donors (Lipinski definition) is 1. The lowest BCUT2D eigenvalue weighted by molar-refractivity contribution is -0.123. The standard InChI is InChI=1S/C22H28N2O2/c1-2-18-8-10-21(11-9-18)26-17-22(25)23-15-19-6-5-7-20(14-19)16-24-12-3-4-13-24/h5-11,14H,2-4,12-13,15-17H2,1H3,(H,23,25). The van der Waals surface area contributed by atoms with E-state index in [9.17, 15) is 4.79 Å². The molecular weight excluding hydrogens is 324 g/mol. The number of nitrogens with one attached hydrogen (secondary N) is 1. The van der Waals surface area contributed by atoms with Crippen LogP contribution in [0.15, 0.2) is 48.5 Å². The Balaban J connectivity index is 1.43. The summed E-state index contributed by atoms with van der Waals surface area (Å²) in [7, 11) is 0. The number of rotatable bonds is 8. The minimum atomic E-state index is -0.102. The third-order valence-corrected chi connectivity index (χ3v) is 4.79. The van der Waals surface area contributed by atoms with E-state index in [1.165, 1.54) is 37.1 Å². The van der Waals surface area contributed by atoms with Crippen molar-refractivity contribution < 1.29 is 9.53 Å². The maximum atomic E-state index is 12.0. The zero-order chi connectivity index (χ0) is 18.2. The van der Waals surface area contributed by atoms with Crippen LogP contribution in [-0.4, -0.2) is 30.5 Å². The molecule has 26 heavy (non-hydrogen) atoms. The molecule has 1 fully saturated rings. The van der Waals surface area contributed by atoms with Crippen molar-refractivity contribution in [2.75, 3.05) is 19.7 Å². The van der Waals surface area contributed by atoms with Crippen LogP contribution < -0.4 is 10.1 Å². The maximum Gasteiger partial charge on any atom is 0.258 e. The van der Waals surface area contributed by atoms with E-state index >= 15 is 0 Å². The maximum absolute atomic E-state index is 12.0. The van der Waals surface area contributed by atoms with Gasteiger partial charge in [-0.15, -0.1) is 0 Å². The molecule has 0 radical (unpaired) electrons. The Morgan fingerprint density at radius 1 is 1.04 bits per heavy atom. The van der Waals surface area contributed by atoms with Gasteiger partial charge in [0.25, 0.3) is 5.91 Å². The predicted octanol–water partition coefficient (Wildman–Crippen LogP) is 3.54. The number of hydrogen-bond acceptors (Lipinski definition) is 3. The molecule has 4 nitrogen and oxygen atoms in total. The molecule has 0 aromatic heterocycles. The van der Waals surface area contributed by atoms with Gasteiger partial charge in [0, 0.05) is 13.1 Å². The highest BCUT2D eigenvalue weighted by Crippen LogP contribution is 2.14. The number of benzene rings is 2. The molecule has 1 N–H and O–H groups in total. The lowest BCUT2D eigenvalue weighted by Gasteiger charge is -2.15. The SMILES string of the molecule is CCc1ccc(OCC(=O)NCc2cccc(CN3CCCC3)c2)cc1. The molecule has 0 unspecified atom stereocenters. The van der Waals surface area contributed by atoms with Gasteiger partial charge in [-0.25, -0.2) is 0 Å². The van der Waals surface area contributed by atoms with Gasteiger partial charge in [-0.3, -0.25) is 9.69 Å². The Morgan fingerprint density at radius 2 is 1.77 bits per heavy atom. The first kappa shape index (κ1) is 18.5. The van der Waals surface area contributed by atoms with Gasteiger partial charge >= 0.3 is 0 Å². The van der Waals surface area contributed by atoms with Gasteiger partial charge in [0.05, 0.1) is 0 Å². The number of amides is 1. The molecule has 1 saturated heterocycles. The summed E-state index contributed by atoms with van der Waals surface area (Å²) in [5, 5.41) is 2.94. The van der Waals surface area contributed by atoms with Crippen LogP contribution in [0.5, 0.6) is 5.75 Å². The van der Waals surface area contributed by atoms with Crippen molar-refractivity contribution in [3.8, 4) is 5.75 Å². The van der Waals surface area contributed by atoms with E-state index in [1.807, 2.05) is 24.3 Å². The van der Waals surface area contributed by atoms with E-state index in [1.54, 1.807) is 0 Å². The van der Waals surface area contributed by atoms with Crippen molar-refractivity contribution in [1.82, 2.24) is 10.2 Å². The predicted molar refractivity (Wildman–Crippen MR) is 104 cm³/mol. The van der Waals surface area contributed by atoms with Gasteiger partial charge in [-0.2, -0.15) is 0 Å². The van der Waals surface area contributed by atoms with Gasteiger partial charge in [-0.1, -0.05) is 43.3 Å². The van der Waals surface area contributed by atoms with Crippen molar-refractivity contribution in [2.45, 2.75) is 39.3 Å². The van der Waals surface area contributed by atoms with Crippen LogP contribution in [0.1, 0.15) is 36.5 Å². The summed E-state index contributed by atoms with van der Waals surface area (Å²) >= 11 is 0. The normalized spacial score (nSPS) is 14.3. The highest BCUT2D eigenvalue weighted by Gasteiger charge is 2.11. The number of carbonyl (C=O) groups is 1. The van der Waals surface area contributed by atoms with Crippen molar-refractivity contribution in [2.24, 2.45) is 0 Å². The molecule has 1 amide bonds. The minimum Gasteiger partial charge on any atom is -0.484 e. The fourth-order valence-electron chi connectivity index (χ4n) is 3.26. The Hall–Kier alpha value is -2.33. The van der Waals surface area contributed by atoms with Crippen molar-refractivity contribution in [3.05, 3.63) is 65.2 Å². The van der Waals surface area contributed by atoms with Gasteiger partial charge < -0.3 is 10.1 Å². The Kier molecular flexibility index (Phi) is 6.67. The lowest BCUT2D eigenvalue weighted by atomic mass is 10.1. The monoisotopic (exact) mass is 352 g/mol. The van der Waals surface area contributed by atoms with Crippen LogP contribution in [0.2, 0.25) is 0 Å². The van der Waals surface area contributed by atoms with E-state index in [-0.39, 0.29) is 12.5 Å². The summed E-state index contributed by atoms with van der Waals surface area (Å²) in [6.07, 6.45) is 3.60. The lowest BCUT2D eigenvalue weighted by Crippen LogP contribution is -2.28. The molecule has 0 bridgehead atoms. The molecule has 1 heterocycles. The summed E-state index contributed by atoms with van der Waals surface area (Å²) in [4.78, 5) is 14.5. The average Bonchev–Trinajstić information content (AvgIpc) is 3.18. The number of nitrogens with zero attached hydrogens (tertiary/aromatic N) is 1. The summed E-state index contributed by atoms with van der Waals surface area (Å²) in [6, 6.07) is 16.3. The molecule has 3 rings (SSSR count). The highest BCUT2D eigenvalue weighted by molar-refractivity contribution is 5.77. The Bertz CT molecular complexity index is 706. The first-order valence-electron chi connectivity index (χ1n) is 9.51. The van der Waals surface area contributed by atoms with Crippen molar-refractivity contribution in [1.29, 1.82) is 0 Å². The van der Waals surface area contributed by atoms with Gasteiger partial charge in [0.1, 0.15) is 5.75 Å². The second-order valence-electron chi connectivity index (χ2n) is 6.87. The van der Waals surface area contributed by atoms with Gasteiger partial charge in [0.15, 0.2) is 6.61 Å². The summed E-state index contributed by atoms with van der Waals surface area (Å²) in [5.41, 5.74) is 3.70. The minimum absolute atomic E-state index is 0.0406. The van der Waals surface area contributed by atoms with Gasteiger partial charge in [0.2, 0.25) is 0 Å². The van der Waals surface area contributed by atoms with Crippen LogP contribution in [0.3, 0.4) is 0 Å². The Morgan fingerprint density at radius 3 is 2.50 bits per heavy atom. The zero-order valence-electron chi connectivity index (χ0n) is 15.5. The molecule has 1 aliphatic heterocycles. The molecular formula is C22H28N2O2. The van der Waals surface area contributed by atoms with Gasteiger partial charge in [-0.05, 0) is 61.2 Å². The molecule has 2 aromatic carbocycles.